The van der Waals surface area contributed by atoms with E-state index >= 15 is 0 Å². The van der Waals surface area contributed by atoms with E-state index in [1.54, 1.807) is 24.7 Å². The smallest absolute Gasteiger partial charge is 0.255 e. The van der Waals surface area contributed by atoms with Crippen LogP contribution in [0.4, 0.5) is 0 Å². The Bertz CT molecular complexity index is 734. The molecule has 7 heteroatoms. The van der Waals surface area contributed by atoms with Crippen LogP contribution in [0.1, 0.15) is 16.8 Å². The molecule has 2 aliphatic rings. The summed E-state index contributed by atoms with van der Waals surface area (Å²) in [5.41, 5.74) is 0.681. The maximum Gasteiger partial charge on any atom is 0.255 e. The molecule has 0 bridgehead atoms. The Morgan fingerprint density at radius 3 is 2.88 bits per heavy atom. The SMILES string of the molecule is CN1CC(COc2cccnc2)CC12CN(C(=O)c1ccnnc1)C2. The number of rotatable bonds is 4. The van der Waals surface area contributed by atoms with Gasteiger partial charge in [-0.25, -0.2) is 0 Å². The number of ether oxygens (including phenoxy) is 1. The first-order valence-corrected chi connectivity index (χ1v) is 8.46. The summed E-state index contributed by atoms with van der Waals surface area (Å²) in [5, 5.41) is 7.51. The summed E-state index contributed by atoms with van der Waals surface area (Å²) >= 11 is 0. The van der Waals surface area contributed by atoms with Crippen LogP contribution in [0.5, 0.6) is 5.75 Å². The van der Waals surface area contributed by atoms with Crippen molar-refractivity contribution in [3.8, 4) is 5.75 Å². The minimum atomic E-state index is 0.0315. The van der Waals surface area contributed by atoms with Gasteiger partial charge in [0.25, 0.3) is 5.91 Å². The summed E-state index contributed by atoms with van der Waals surface area (Å²) in [6.07, 6.45) is 7.60. The van der Waals surface area contributed by atoms with E-state index in [1.165, 1.54) is 6.20 Å². The lowest BCUT2D eigenvalue weighted by atomic mass is 9.84. The van der Waals surface area contributed by atoms with Crippen LogP contribution in [0.25, 0.3) is 0 Å². The first-order chi connectivity index (χ1) is 12.2. The summed E-state index contributed by atoms with van der Waals surface area (Å²) in [5.74, 6) is 1.30. The minimum absolute atomic E-state index is 0.0315. The number of amides is 1. The number of nitrogens with zero attached hydrogens (tertiary/aromatic N) is 5. The molecule has 7 nitrogen and oxygen atoms in total. The van der Waals surface area contributed by atoms with Crippen molar-refractivity contribution < 1.29 is 9.53 Å². The van der Waals surface area contributed by atoms with Gasteiger partial charge in [-0.15, -0.1) is 0 Å². The van der Waals surface area contributed by atoms with E-state index in [4.69, 9.17) is 4.74 Å². The summed E-state index contributed by atoms with van der Waals surface area (Å²) in [6, 6.07) is 5.51. The monoisotopic (exact) mass is 339 g/mol. The van der Waals surface area contributed by atoms with Crippen molar-refractivity contribution in [2.75, 3.05) is 33.3 Å². The highest BCUT2D eigenvalue weighted by molar-refractivity contribution is 5.94. The van der Waals surface area contributed by atoms with Crippen LogP contribution in [0.2, 0.25) is 0 Å². The van der Waals surface area contributed by atoms with Gasteiger partial charge in [-0.3, -0.25) is 14.7 Å². The van der Waals surface area contributed by atoms with Crippen LogP contribution < -0.4 is 4.74 Å². The van der Waals surface area contributed by atoms with Crippen molar-refractivity contribution in [1.82, 2.24) is 25.0 Å². The van der Waals surface area contributed by atoms with Gasteiger partial charge in [0.15, 0.2) is 0 Å². The molecule has 0 saturated carbocycles. The van der Waals surface area contributed by atoms with Crippen molar-refractivity contribution in [1.29, 1.82) is 0 Å². The molecule has 0 N–H and O–H groups in total. The predicted molar refractivity (Wildman–Crippen MR) is 91.1 cm³/mol. The van der Waals surface area contributed by atoms with Gasteiger partial charge in [0, 0.05) is 31.7 Å². The van der Waals surface area contributed by atoms with E-state index in [-0.39, 0.29) is 11.4 Å². The molecule has 1 unspecified atom stereocenters. The maximum absolute atomic E-state index is 12.5. The Hall–Kier alpha value is -2.54. The fourth-order valence-electron chi connectivity index (χ4n) is 3.87. The molecule has 2 fully saturated rings. The van der Waals surface area contributed by atoms with Crippen LogP contribution in [-0.2, 0) is 0 Å². The zero-order valence-corrected chi connectivity index (χ0v) is 14.2. The van der Waals surface area contributed by atoms with E-state index in [0.29, 0.717) is 18.1 Å². The van der Waals surface area contributed by atoms with Gasteiger partial charge < -0.3 is 9.64 Å². The predicted octanol–water partition coefficient (Wildman–Crippen LogP) is 1.10. The summed E-state index contributed by atoms with van der Waals surface area (Å²) in [4.78, 5) is 20.8. The molecule has 2 saturated heterocycles. The van der Waals surface area contributed by atoms with Gasteiger partial charge in [0.05, 0.1) is 36.3 Å². The lowest BCUT2D eigenvalue weighted by Crippen LogP contribution is -2.68. The third-order valence-electron chi connectivity index (χ3n) is 5.22. The highest BCUT2D eigenvalue weighted by Gasteiger charge is 2.53. The Labute approximate surface area is 146 Å². The normalized spacial score (nSPS) is 22.0. The lowest BCUT2D eigenvalue weighted by molar-refractivity contribution is -0.00774. The Morgan fingerprint density at radius 1 is 1.28 bits per heavy atom. The molecule has 2 aromatic rings. The molecular weight excluding hydrogens is 318 g/mol. The van der Waals surface area contributed by atoms with Crippen LogP contribution in [0.3, 0.4) is 0 Å². The second-order valence-electron chi connectivity index (χ2n) is 6.97. The van der Waals surface area contributed by atoms with Crippen molar-refractivity contribution in [3.63, 3.8) is 0 Å². The molecular formula is C18H21N5O2. The fourth-order valence-corrected chi connectivity index (χ4v) is 3.87. The first-order valence-electron chi connectivity index (χ1n) is 8.46. The zero-order valence-electron chi connectivity index (χ0n) is 14.2. The molecule has 2 aromatic heterocycles. The third-order valence-corrected chi connectivity index (χ3v) is 5.22. The zero-order chi connectivity index (χ0) is 17.3. The number of likely N-dealkylation sites (N-methyl/N-ethyl adjacent to an activating group) is 1. The fraction of sp³-hybridized carbons (Fsp3) is 0.444. The average molecular weight is 339 g/mol. The van der Waals surface area contributed by atoms with Crippen molar-refractivity contribution in [2.45, 2.75) is 12.0 Å². The van der Waals surface area contributed by atoms with Crippen molar-refractivity contribution in [2.24, 2.45) is 5.92 Å². The topological polar surface area (TPSA) is 71.5 Å². The number of carbonyl (C=O) groups is 1. The lowest BCUT2D eigenvalue weighted by Gasteiger charge is -2.51. The minimum Gasteiger partial charge on any atom is -0.492 e. The molecule has 130 valence electrons. The van der Waals surface area contributed by atoms with Gasteiger partial charge in [0.1, 0.15) is 5.75 Å². The number of aromatic nitrogens is 3. The molecule has 1 atom stereocenters. The van der Waals surface area contributed by atoms with Crippen LogP contribution in [0, 0.1) is 5.92 Å². The molecule has 4 heterocycles. The average Bonchev–Trinajstić information content (AvgIpc) is 2.96. The third kappa shape index (κ3) is 3.07. The van der Waals surface area contributed by atoms with E-state index in [0.717, 1.165) is 31.8 Å². The Balaban J connectivity index is 1.33. The molecule has 1 amide bonds. The van der Waals surface area contributed by atoms with Crippen molar-refractivity contribution >= 4 is 5.91 Å². The summed E-state index contributed by atoms with van der Waals surface area (Å²) in [7, 11) is 2.14. The molecule has 2 aliphatic heterocycles. The standard InChI is InChI=1S/C18H21N5O2/c1-22-10-14(11-25-16-3-2-5-19-9-16)7-18(22)12-23(13-18)17(24)15-4-6-20-21-8-15/h2-6,8-9,14H,7,10-13H2,1H3. The van der Waals surface area contributed by atoms with Gasteiger partial charge in [-0.1, -0.05) is 0 Å². The number of hydrogen-bond acceptors (Lipinski definition) is 6. The molecule has 25 heavy (non-hydrogen) atoms. The number of likely N-dealkylation sites (tertiary alicyclic amines) is 2. The maximum atomic E-state index is 12.5. The molecule has 0 radical (unpaired) electrons. The van der Waals surface area contributed by atoms with Crippen LogP contribution in [0.15, 0.2) is 43.0 Å². The molecule has 0 aliphatic carbocycles. The van der Waals surface area contributed by atoms with Crippen LogP contribution >= 0.6 is 0 Å². The molecule has 0 aromatic carbocycles. The number of carbonyl (C=O) groups excluding carboxylic acids is 1. The van der Waals surface area contributed by atoms with Gasteiger partial charge in [-0.2, -0.15) is 10.2 Å². The molecule has 1 spiro atoms. The highest BCUT2D eigenvalue weighted by Crippen LogP contribution is 2.40. The number of pyridine rings is 1. The second kappa shape index (κ2) is 6.40. The molecule has 4 rings (SSSR count). The van der Waals surface area contributed by atoms with E-state index in [9.17, 15) is 4.79 Å². The van der Waals surface area contributed by atoms with Gasteiger partial charge in [-0.05, 0) is 31.7 Å². The summed E-state index contributed by atoms with van der Waals surface area (Å²) < 4.78 is 5.86. The van der Waals surface area contributed by atoms with Crippen LogP contribution in [-0.4, -0.2) is 69.7 Å². The highest BCUT2D eigenvalue weighted by atomic mass is 16.5. The van der Waals surface area contributed by atoms with E-state index in [1.807, 2.05) is 17.0 Å². The quantitative estimate of drug-likeness (QED) is 0.831. The van der Waals surface area contributed by atoms with Crippen molar-refractivity contribution in [3.05, 3.63) is 48.5 Å². The largest absolute Gasteiger partial charge is 0.492 e. The Morgan fingerprint density at radius 2 is 2.16 bits per heavy atom. The summed E-state index contributed by atoms with van der Waals surface area (Å²) in [6.45, 7) is 3.18. The van der Waals surface area contributed by atoms with Gasteiger partial charge >= 0.3 is 0 Å². The second-order valence-corrected chi connectivity index (χ2v) is 6.97. The van der Waals surface area contributed by atoms with Gasteiger partial charge in [0.2, 0.25) is 0 Å². The van der Waals surface area contributed by atoms with E-state index in [2.05, 4.69) is 27.1 Å². The number of hydrogen-bond donors (Lipinski definition) is 0. The Kier molecular flexibility index (Phi) is 4.09. The first kappa shape index (κ1) is 16.0. The van der Waals surface area contributed by atoms with E-state index < -0.39 is 0 Å².